The fourth-order valence-electron chi connectivity index (χ4n) is 4.15. The van der Waals surface area contributed by atoms with Gasteiger partial charge in [0.2, 0.25) is 5.88 Å². The van der Waals surface area contributed by atoms with E-state index in [1.807, 2.05) is 31.2 Å². The van der Waals surface area contributed by atoms with E-state index in [1.165, 1.54) is 0 Å². The standard InChI is InChI=1S/C28H32N4O5/c1-5-6-11-24-23(27(30-18(2)29-24)36-17-25(34-3)35-4)16-19-12-14-20(15-13-19)21-9-7-8-10-22(21)26-31-28(33)37-32-26/h7-10,12-15,25H,5-6,11,16-17H2,1-4H3,(H,31,32,33). The van der Waals surface area contributed by atoms with Crippen molar-refractivity contribution < 1.29 is 18.7 Å². The molecule has 0 radical (unpaired) electrons. The summed E-state index contributed by atoms with van der Waals surface area (Å²) in [6.45, 7) is 4.27. The van der Waals surface area contributed by atoms with Crippen molar-refractivity contribution in [3.05, 3.63) is 81.7 Å². The lowest BCUT2D eigenvalue weighted by molar-refractivity contribution is -0.122. The third kappa shape index (κ3) is 6.49. The highest BCUT2D eigenvalue weighted by Crippen LogP contribution is 2.31. The Morgan fingerprint density at radius 1 is 1.00 bits per heavy atom. The van der Waals surface area contributed by atoms with Crippen molar-refractivity contribution in [1.82, 2.24) is 20.1 Å². The third-order valence-corrected chi connectivity index (χ3v) is 6.08. The SMILES string of the molecule is CCCCc1nc(C)nc(OCC(OC)OC)c1Cc1ccc(-c2ccccc2-c2noc(=O)[nH]2)cc1. The molecule has 37 heavy (non-hydrogen) atoms. The summed E-state index contributed by atoms with van der Waals surface area (Å²) in [5.41, 5.74) is 5.79. The second-order valence-electron chi connectivity index (χ2n) is 8.68. The predicted octanol–water partition coefficient (Wildman–Crippen LogP) is 4.73. The molecular weight excluding hydrogens is 472 g/mol. The van der Waals surface area contributed by atoms with E-state index in [0.717, 1.165) is 52.8 Å². The smallest absolute Gasteiger partial charge is 0.439 e. The maximum Gasteiger partial charge on any atom is 0.439 e. The third-order valence-electron chi connectivity index (χ3n) is 6.08. The molecule has 9 heteroatoms. The number of unbranched alkanes of at least 4 members (excludes halogenated alkanes) is 1. The van der Waals surface area contributed by atoms with Crippen molar-refractivity contribution >= 4 is 0 Å². The number of H-pyrrole nitrogens is 1. The number of nitrogens with one attached hydrogen (secondary N) is 1. The Morgan fingerprint density at radius 3 is 2.38 bits per heavy atom. The van der Waals surface area contributed by atoms with Crippen LogP contribution < -0.4 is 10.5 Å². The molecule has 194 valence electrons. The fourth-order valence-corrected chi connectivity index (χ4v) is 4.15. The lowest BCUT2D eigenvalue weighted by Gasteiger charge is -2.18. The normalized spacial score (nSPS) is 11.3. The van der Waals surface area contributed by atoms with Crippen molar-refractivity contribution in [2.75, 3.05) is 20.8 Å². The number of nitrogens with zero attached hydrogens (tertiary/aromatic N) is 3. The summed E-state index contributed by atoms with van der Waals surface area (Å²) in [5, 5.41) is 3.85. The number of hydrogen-bond donors (Lipinski definition) is 1. The first kappa shape index (κ1) is 26.2. The highest BCUT2D eigenvalue weighted by molar-refractivity contribution is 5.80. The number of aryl methyl sites for hydroxylation is 2. The average Bonchev–Trinajstić information content (AvgIpc) is 3.36. The largest absolute Gasteiger partial charge is 0.472 e. The minimum Gasteiger partial charge on any atom is -0.472 e. The van der Waals surface area contributed by atoms with Crippen LogP contribution in [0, 0.1) is 6.92 Å². The van der Waals surface area contributed by atoms with Gasteiger partial charge in [-0.25, -0.2) is 9.78 Å². The second-order valence-corrected chi connectivity index (χ2v) is 8.68. The van der Waals surface area contributed by atoms with Crippen LogP contribution in [0.1, 0.15) is 42.4 Å². The van der Waals surface area contributed by atoms with Gasteiger partial charge in [-0.1, -0.05) is 67.0 Å². The van der Waals surface area contributed by atoms with E-state index in [0.29, 0.717) is 23.9 Å². The molecule has 9 nitrogen and oxygen atoms in total. The molecule has 0 unspecified atom stereocenters. The van der Waals surface area contributed by atoms with Crippen LogP contribution in [0.3, 0.4) is 0 Å². The molecule has 2 aromatic heterocycles. The van der Waals surface area contributed by atoms with Gasteiger partial charge in [-0.3, -0.25) is 9.51 Å². The predicted molar refractivity (Wildman–Crippen MR) is 139 cm³/mol. The molecule has 0 aliphatic carbocycles. The summed E-state index contributed by atoms with van der Waals surface area (Å²) in [6.07, 6.45) is 3.09. The van der Waals surface area contributed by atoms with Gasteiger partial charge in [0.15, 0.2) is 12.1 Å². The molecule has 0 spiro atoms. The zero-order valence-corrected chi connectivity index (χ0v) is 21.6. The van der Waals surface area contributed by atoms with Crippen LogP contribution >= 0.6 is 0 Å². The van der Waals surface area contributed by atoms with Crippen LogP contribution in [0.15, 0.2) is 57.8 Å². The van der Waals surface area contributed by atoms with E-state index in [1.54, 1.807) is 14.2 Å². The molecular formula is C28H32N4O5. The minimum atomic E-state index is -0.584. The first-order valence-corrected chi connectivity index (χ1v) is 12.3. The number of ether oxygens (including phenoxy) is 3. The van der Waals surface area contributed by atoms with Crippen molar-refractivity contribution in [2.45, 2.75) is 45.8 Å². The van der Waals surface area contributed by atoms with Crippen molar-refractivity contribution in [2.24, 2.45) is 0 Å². The van der Waals surface area contributed by atoms with E-state index >= 15 is 0 Å². The first-order chi connectivity index (χ1) is 18.0. The lowest BCUT2D eigenvalue weighted by Crippen LogP contribution is -2.23. The number of methoxy groups -OCH3 is 2. The van der Waals surface area contributed by atoms with E-state index in [2.05, 4.69) is 46.3 Å². The van der Waals surface area contributed by atoms with Gasteiger partial charge in [0.05, 0.1) is 5.69 Å². The molecule has 0 aliphatic heterocycles. The van der Waals surface area contributed by atoms with Crippen LogP contribution in [0.25, 0.3) is 22.5 Å². The summed E-state index contributed by atoms with van der Waals surface area (Å²) in [4.78, 5) is 23.5. The van der Waals surface area contributed by atoms with Crippen LogP contribution in [-0.2, 0) is 22.3 Å². The highest BCUT2D eigenvalue weighted by atomic mass is 16.7. The fraction of sp³-hybridized carbons (Fsp3) is 0.357. The molecule has 0 aliphatic rings. The van der Waals surface area contributed by atoms with E-state index in [4.69, 9.17) is 23.7 Å². The Morgan fingerprint density at radius 2 is 1.73 bits per heavy atom. The summed E-state index contributed by atoms with van der Waals surface area (Å²) in [7, 11) is 3.16. The monoisotopic (exact) mass is 504 g/mol. The van der Waals surface area contributed by atoms with E-state index in [9.17, 15) is 4.79 Å². The van der Waals surface area contributed by atoms with Gasteiger partial charge in [0, 0.05) is 31.8 Å². The van der Waals surface area contributed by atoms with Crippen LogP contribution in [0.2, 0.25) is 0 Å². The molecule has 0 saturated heterocycles. The Balaban J connectivity index is 1.63. The van der Waals surface area contributed by atoms with Gasteiger partial charge >= 0.3 is 5.76 Å². The van der Waals surface area contributed by atoms with Gasteiger partial charge in [0.1, 0.15) is 12.4 Å². The zero-order chi connectivity index (χ0) is 26.2. The summed E-state index contributed by atoms with van der Waals surface area (Å²) in [6, 6.07) is 16.0. The average molecular weight is 505 g/mol. The molecule has 0 fully saturated rings. The van der Waals surface area contributed by atoms with Gasteiger partial charge < -0.3 is 14.2 Å². The molecule has 4 aromatic rings. The maximum atomic E-state index is 11.5. The van der Waals surface area contributed by atoms with Gasteiger partial charge in [-0.2, -0.15) is 4.98 Å². The highest BCUT2D eigenvalue weighted by Gasteiger charge is 2.18. The molecule has 0 saturated carbocycles. The van der Waals surface area contributed by atoms with Crippen molar-refractivity contribution in [1.29, 1.82) is 0 Å². The van der Waals surface area contributed by atoms with Gasteiger partial charge in [-0.15, -0.1) is 0 Å². The Hall–Kier alpha value is -3.82. The van der Waals surface area contributed by atoms with E-state index in [-0.39, 0.29) is 6.61 Å². The molecule has 1 N–H and O–H groups in total. The number of rotatable bonds is 12. The molecule has 0 amide bonds. The number of hydrogen-bond acceptors (Lipinski definition) is 8. The minimum absolute atomic E-state index is 0.226. The molecule has 4 rings (SSSR count). The van der Waals surface area contributed by atoms with Gasteiger partial charge in [-0.05, 0) is 36.5 Å². The lowest BCUT2D eigenvalue weighted by atomic mass is 9.96. The maximum absolute atomic E-state index is 11.5. The Labute approximate surface area is 215 Å². The number of aromatic nitrogens is 4. The second kappa shape index (κ2) is 12.4. The molecule has 2 aromatic carbocycles. The molecule has 0 atom stereocenters. The van der Waals surface area contributed by atoms with Crippen LogP contribution in [0.4, 0.5) is 0 Å². The topological polar surface area (TPSA) is 112 Å². The van der Waals surface area contributed by atoms with Gasteiger partial charge in [0.25, 0.3) is 0 Å². The first-order valence-electron chi connectivity index (χ1n) is 12.3. The zero-order valence-electron chi connectivity index (χ0n) is 21.6. The Bertz CT molecular complexity index is 1360. The van der Waals surface area contributed by atoms with Crippen molar-refractivity contribution in [3.8, 4) is 28.4 Å². The number of aromatic amines is 1. The Kier molecular flexibility index (Phi) is 8.81. The quantitative estimate of drug-likeness (QED) is 0.276. The summed E-state index contributed by atoms with van der Waals surface area (Å²) < 4.78 is 21.3. The van der Waals surface area contributed by atoms with Crippen LogP contribution in [-0.4, -0.2) is 47.2 Å². The van der Waals surface area contributed by atoms with Crippen molar-refractivity contribution in [3.63, 3.8) is 0 Å². The number of benzene rings is 2. The summed E-state index contributed by atoms with van der Waals surface area (Å²) in [5.74, 6) is 1.05. The van der Waals surface area contributed by atoms with E-state index < -0.39 is 12.0 Å². The summed E-state index contributed by atoms with van der Waals surface area (Å²) >= 11 is 0. The molecule has 2 heterocycles. The molecule has 0 bridgehead atoms. The van der Waals surface area contributed by atoms with Crippen LogP contribution in [0.5, 0.6) is 5.88 Å².